The largest absolute Gasteiger partial charge is 0.290 e. The maximum atomic E-state index is 9.20. The fourth-order valence-electron chi connectivity index (χ4n) is 2.85. The van der Waals surface area contributed by atoms with Gasteiger partial charge in [-0.3, -0.25) is 5.21 Å². The molecule has 1 saturated carbocycles. The molecule has 2 N–H and O–H groups in total. The van der Waals surface area contributed by atoms with Crippen molar-refractivity contribution in [3.8, 4) is 0 Å². The predicted molar refractivity (Wildman–Crippen MR) is 85.5 cm³/mol. The monoisotopic (exact) mass is 301 g/mol. The quantitative estimate of drug-likeness (QED) is 0.506. The van der Waals surface area contributed by atoms with E-state index in [0.717, 1.165) is 5.69 Å². The Balaban J connectivity index is 1.77. The van der Waals surface area contributed by atoms with Gasteiger partial charge in [0.1, 0.15) is 0 Å². The Kier molecular flexibility index (Phi) is 4.62. The molecule has 1 heterocycles. The molecule has 0 atom stereocenters. The molecule has 4 nitrogen and oxygen atoms in total. The molecule has 2 aromatic rings. The average Bonchev–Trinajstić information content (AvgIpc) is 3.08. The van der Waals surface area contributed by atoms with Crippen molar-refractivity contribution in [1.29, 1.82) is 0 Å². The standard InChI is InChI=1S/C16H19N3OS/c20-19-15(16-17-10-11-21-16)18-14-8-6-13(7-9-14)12-4-2-1-3-5-12/h6-12,20H,1-5H2,(H,18,19). The van der Waals surface area contributed by atoms with Crippen molar-refractivity contribution in [3.05, 3.63) is 46.4 Å². The van der Waals surface area contributed by atoms with Crippen molar-refractivity contribution in [2.45, 2.75) is 38.0 Å². The molecule has 0 radical (unpaired) electrons. The van der Waals surface area contributed by atoms with Crippen LogP contribution in [0.2, 0.25) is 0 Å². The van der Waals surface area contributed by atoms with Crippen LogP contribution in [0.5, 0.6) is 0 Å². The molecule has 0 amide bonds. The van der Waals surface area contributed by atoms with E-state index in [1.807, 2.05) is 17.5 Å². The number of rotatable bonds is 3. The molecular weight excluding hydrogens is 282 g/mol. The minimum absolute atomic E-state index is 0.385. The van der Waals surface area contributed by atoms with Crippen LogP contribution in [0, 0.1) is 0 Å². The zero-order chi connectivity index (χ0) is 14.5. The van der Waals surface area contributed by atoms with Gasteiger partial charge in [-0.15, -0.1) is 11.3 Å². The maximum absolute atomic E-state index is 9.20. The summed E-state index contributed by atoms with van der Waals surface area (Å²) in [6.07, 6.45) is 8.34. The smallest absolute Gasteiger partial charge is 0.186 e. The molecule has 21 heavy (non-hydrogen) atoms. The van der Waals surface area contributed by atoms with Crippen LogP contribution in [0.3, 0.4) is 0 Å². The number of aliphatic imine (C=N–C) groups is 1. The van der Waals surface area contributed by atoms with Crippen LogP contribution in [0.4, 0.5) is 5.69 Å². The first-order valence-electron chi connectivity index (χ1n) is 7.35. The zero-order valence-corrected chi connectivity index (χ0v) is 12.6. The SMILES string of the molecule is ONC(=Nc1ccc(C2CCCCC2)cc1)c1nccs1. The molecule has 0 aliphatic heterocycles. The fourth-order valence-corrected chi connectivity index (χ4v) is 3.42. The molecule has 1 aromatic carbocycles. The maximum Gasteiger partial charge on any atom is 0.186 e. The van der Waals surface area contributed by atoms with E-state index in [0.29, 0.717) is 16.8 Å². The Morgan fingerprint density at radius 1 is 1.19 bits per heavy atom. The lowest BCUT2D eigenvalue weighted by molar-refractivity contribution is 0.235. The predicted octanol–water partition coefficient (Wildman–Crippen LogP) is 4.25. The van der Waals surface area contributed by atoms with Crippen LogP contribution < -0.4 is 5.48 Å². The number of amidine groups is 1. The first-order chi connectivity index (χ1) is 10.4. The number of thiazole rings is 1. The van der Waals surface area contributed by atoms with E-state index in [-0.39, 0.29) is 0 Å². The molecule has 0 bridgehead atoms. The lowest BCUT2D eigenvalue weighted by Gasteiger charge is -2.21. The molecule has 0 saturated heterocycles. The summed E-state index contributed by atoms with van der Waals surface area (Å²) in [6, 6.07) is 8.33. The van der Waals surface area contributed by atoms with Crippen LogP contribution in [-0.4, -0.2) is 16.0 Å². The molecular formula is C16H19N3OS. The van der Waals surface area contributed by atoms with Gasteiger partial charge in [-0.25, -0.2) is 15.5 Å². The summed E-state index contributed by atoms with van der Waals surface area (Å²) in [5, 5.41) is 11.7. The third-order valence-electron chi connectivity index (χ3n) is 3.95. The lowest BCUT2D eigenvalue weighted by atomic mass is 9.84. The van der Waals surface area contributed by atoms with Crippen molar-refractivity contribution >= 4 is 22.9 Å². The number of hydroxylamine groups is 1. The van der Waals surface area contributed by atoms with Crippen molar-refractivity contribution in [1.82, 2.24) is 10.5 Å². The second-order valence-electron chi connectivity index (χ2n) is 5.34. The Bertz CT molecular complexity index is 586. The minimum atomic E-state index is 0.385. The normalized spacial score (nSPS) is 16.9. The first kappa shape index (κ1) is 14.2. The first-order valence-corrected chi connectivity index (χ1v) is 8.23. The van der Waals surface area contributed by atoms with Gasteiger partial charge >= 0.3 is 0 Å². The van der Waals surface area contributed by atoms with Crippen LogP contribution in [0.15, 0.2) is 40.8 Å². The summed E-state index contributed by atoms with van der Waals surface area (Å²) in [5.74, 6) is 1.08. The van der Waals surface area contributed by atoms with E-state index in [1.54, 1.807) is 6.20 Å². The van der Waals surface area contributed by atoms with Gasteiger partial charge in [0.25, 0.3) is 0 Å². The highest BCUT2D eigenvalue weighted by atomic mass is 32.1. The average molecular weight is 301 g/mol. The Labute approximate surface area is 128 Å². The van der Waals surface area contributed by atoms with Crippen molar-refractivity contribution in [3.63, 3.8) is 0 Å². The van der Waals surface area contributed by atoms with E-state index in [1.165, 1.54) is 49.0 Å². The Morgan fingerprint density at radius 2 is 1.95 bits per heavy atom. The summed E-state index contributed by atoms with van der Waals surface area (Å²) in [7, 11) is 0. The molecule has 3 rings (SSSR count). The van der Waals surface area contributed by atoms with Gasteiger partial charge in [-0.1, -0.05) is 31.4 Å². The van der Waals surface area contributed by atoms with Crippen LogP contribution in [-0.2, 0) is 0 Å². The van der Waals surface area contributed by atoms with Crippen LogP contribution >= 0.6 is 11.3 Å². The Hall–Kier alpha value is -1.72. The number of hydrogen-bond acceptors (Lipinski definition) is 4. The number of aromatic nitrogens is 1. The summed E-state index contributed by atoms with van der Waals surface area (Å²) >= 11 is 1.44. The second kappa shape index (κ2) is 6.83. The number of nitrogens with one attached hydrogen (secondary N) is 1. The van der Waals surface area contributed by atoms with Crippen molar-refractivity contribution < 1.29 is 5.21 Å². The number of benzene rings is 1. The second-order valence-corrected chi connectivity index (χ2v) is 6.23. The summed E-state index contributed by atoms with van der Waals surface area (Å²) < 4.78 is 0. The zero-order valence-electron chi connectivity index (χ0n) is 11.8. The molecule has 0 unspecified atom stereocenters. The van der Waals surface area contributed by atoms with E-state index < -0.39 is 0 Å². The van der Waals surface area contributed by atoms with Gasteiger partial charge < -0.3 is 0 Å². The molecule has 1 aliphatic rings. The molecule has 1 aromatic heterocycles. The molecule has 1 aliphatic carbocycles. The third-order valence-corrected chi connectivity index (χ3v) is 4.73. The topological polar surface area (TPSA) is 57.5 Å². The van der Waals surface area contributed by atoms with Gasteiger partial charge in [0, 0.05) is 11.6 Å². The van der Waals surface area contributed by atoms with Crippen molar-refractivity contribution in [2.75, 3.05) is 0 Å². The van der Waals surface area contributed by atoms with E-state index in [9.17, 15) is 5.21 Å². The molecule has 110 valence electrons. The highest BCUT2D eigenvalue weighted by Crippen LogP contribution is 2.33. The van der Waals surface area contributed by atoms with E-state index in [2.05, 4.69) is 27.6 Å². The highest BCUT2D eigenvalue weighted by Gasteiger charge is 2.15. The summed E-state index contributed by atoms with van der Waals surface area (Å²) in [5.41, 5.74) is 4.35. The van der Waals surface area contributed by atoms with Gasteiger partial charge in [0.05, 0.1) is 5.69 Å². The van der Waals surface area contributed by atoms with Gasteiger partial charge in [0.15, 0.2) is 10.8 Å². The minimum Gasteiger partial charge on any atom is -0.290 e. The number of nitrogens with zero attached hydrogens (tertiary/aromatic N) is 2. The summed E-state index contributed by atoms with van der Waals surface area (Å²) in [6.45, 7) is 0. The third kappa shape index (κ3) is 3.49. The Morgan fingerprint density at radius 3 is 2.57 bits per heavy atom. The van der Waals surface area contributed by atoms with Gasteiger partial charge in [0.2, 0.25) is 0 Å². The molecule has 0 spiro atoms. The van der Waals surface area contributed by atoms with Gasteiger partial charge in [-0.2, -0.15) is 0 Å². The molecule has 1 fully saturated rings. The highest BCUT2D eigenvalue weighted by molar-refractivity contribution is 7.11. The summed E-state index contributed by atoms with van der Waals surface area (Å²) in [4.78, 5) is 8.55. The van der Waals surface area contributed by atoms with Crippen molar-refractivity contribution in [2.24, 2.45) is 4.99 Å². The fraction of sp³-hybridized carbons (Fsp3) is 0.375. The lowest BCUT2D eigenvalue weighted by Crippen LogP contribution is -2.19. The van der Waals surface area contributed by atoms with Crippen LogP contribution in [0.1, 0.15) is 48.6 Å². The molecule has 5 heteroatoms. The van der Waals surface area contributed by atoms with E-state index >= 15 is 0 Å². The van der Waals surface area contributed by atoms with E-state index in [4.69, 9.17) is 0 Å². The van der Waals surface area contributed by atoms with Gasteiger partial charge in [-0.05, 0) is 36.5 Å². The van der Waals surface area contributed by atoms with Crippen LogP contribution in [0.25, 0.3) is 0 Å². The number of hydrogen-bond donors (Lipinski definition) is 2.